The molecule has 0 bridgehead atoms. The molecule has 1 aliphatic rings. The zero-order chi connectivity index (χ0) is 8.55. The molecule has 2 rings (SSSR count). The van der Waals surface area contributed by atoms with Gasteiger partial charge in [0.05, 0.1) is 6.54 Å². The van der Waals surface area contributed by atoms with Crippen molar-refractivity contribution in [2.24, 2.45) is 0 Å². The Balaban J connectivity index is 2.49. The molecule has 4 heteroatoms. The zero-order valence-corrected chi connectivity index (χ0v) is 6.72. The number of aryl methyl sites for hydroxylation is 1. The van der Waals surface area contributed by atoms with Gasteiger partial charge in [0.1, 0.15) is 6.61 Å². The lowest BCUT2D eigenvalue weighted by atomic mass is 10.3. The third-order valence-electron chi connectivity index (χ3n) is 1.77. The van der Waals surface area contributed by atoms with Crippen LogP contribution >= 0.6 is 0 Å². The van der Waals surface area contributed by atoms with Gasteiger partial charge in [-0.15, -0.1) is 0 Å². The number of nitrogens with zero attached hydrogens (tertiary/aromatic N) is 1. The minimum atomic E-state index is -0.438. The molecule has 0 radical (unpaired) electrons. The number of anilines is 1. The smallest absolute Gasteiger partial charge is 0.217 e. The number of nitrogens with one attached hydrogen (secondary N) is 1. The van der Waals surface area contributed by atoms with E-state index in [2.05, 4.69) is 10.3 Å². The van der Waals surface area contributed by atoms with Crippen LogP contribution in [0.3, 0.4) is 0 Å². The van der Waals surface area contributed by atoms with Crippen LogP contribution in [0.4, 0.5) is 10.2 Å². The van der Waals surface area contributed by atoms with E-state index in [1.165, 1.54) is 0 Å². The van der Waals surface area contributed by atoms with Crippen LogP contribution in [0.25, 0.3) is 0 Å². The van der Waals surface area contributed by atoms with E-state index in [-0.39, 0.29) is 0 Å². The fourth-order valence-electron chi connectivity index (χ4n) is 1.13. The highest BCUT2D eigenvalue weighted by atomic mass is 19.1. The molecule has 1 N–H and O–H groups in total. The van der Waals surface area contributed by atoms with E-state index in [9.17, 15) is 4.39 Å². The van der Waals surface area contributed by atoms with E-state index in [0.717, 1.165) is 0 Å². The highest BCUT2D eigenvalue weighted by Crippen LogP contribution is 2.26. The second-order valence-corrected chi connectivity index (χ2v) is 2.72. The molecule has 0 amide bonds. The summed E-state index contributed by atoms with van der Waals surface area (Å²) in [6.45, 7) is 2.96. The average molecular weight is 168 g/mol. The number of hydrogen-bond acceptors (Lipinski definition) is 3. The van der Waals surface area contributed by atoms with Crippen LogP contribution in [-0.4, -0.2) is 18.1 Å². The Morgan fingerprint density at radius 1 is 1.67 bits per heavy atom. The molecule has 1 aromatic rings. The van der Waals surface area contributed by atoms with Gasteiger partial charge in [0, 0.05) is 5.56 Å². The molecule has 64 valence electrons. The first-order valence-electron chi connectivity index (χ1n) is 3.81. The average Bonchev–Trinajstić information content (AvgIpc) is 2.07. The monoisotopic (exact) mass is 168 g/mol. The minimum absolute atomic E-state index is 0.438. The van der Waals surface area contributed by atoms with Gasteiger partial charge < -0.3 is 10.1 Å². The molecule has 0 spiro atoms. The molecule has 3 nitrogen and oxygen atoms in total. The lowest BCUT2D eigenvalue weighted by Crippen LogP contribution is -2.19. The Morgan fingerprint density at radius 2 is 2.50 bits per heavy atom. The van der Waals surface area contributed by atoms with Gasteiger partial charge in [0.2, 0.25) is 5.95 Å². The summed E-state index contributed by atoms with van der Waals surface area (Å²) in [6.07, 6.45) is 0. The topological polar surface area (TPSA) is 34.2 Å². The van der Waals surface area contributed by atoms with Gasteiger partial charge in [0.25, 0.3) is 0 Å². The maximum atomic E-state index is 12.9. The Hall–Kier alpha value is -1.32. The lowest BCUT2D eigenvalue weighted by Gasteiger charge is -2.18. The fourth-order valence-corrected chi connectivity index (χ4v) is 1.13. The summed E-state index contributed by atoms with van der Waals surface area (Å²) in [4.78, 5) is 3.71. The molecule has 0 aromatic carbocycles. The SMILES string of the molecule is Cc1cc2c(nc1F)NCCO2. The second-order valence-electron chi connectivity index (χ2n) is 2.72. The van der Waals surface area contributed by atoms with E-state index < -0.39 is 5.95 Å². The predicted molar refractivity (Wildman–Crippen MR) is 42.9 cm³/mol. The zero-order valence-electron chi connectivity index (χ0n) is 6.72. The first-order chi connectivity index (χ1) is 5.77. The van der Waals surface area contributed by atoms with Crippen molar-refractivity contribution in [3.8, 4) is 5.75 Å². The first-order valence-corrected chi connectivity index (χ1v) is 3.81. The lowest BCUT2D eigenvalue weighted by molar-refractivity contribution is 0.319. The van der Waals surface area contributed by atoms with E-state index in [1.807, 2.05) is 0 Å². The molecule has 0 saturated carbocycles. The van der Waals surface area contributed by atoms with Gasteiger partial charge >= 0.3 is 0 Å². The molecule has 0 fully saturated rings. The first kappa shape index (κ1) is 7.34. The quantitative estimate of drug-likeness (QED) is 0.593. The van der Waals surface area contributed by atoms with Crippen molar-refractivity contribution in [3.05, 3.63) is 17.6 Å². The molecule has 0 saturated heterocycles. The van der Waals surface area contributed by atoms with E-state index >= 15 is 0 Å². The minimum Gasteiger partial charge on any atom is -0.488 e. The highest BCUT2D eigenvalue weighted by Gasteiger charge is 2.13. The molecule has 0 atom stereocenters. The largest absolute Gasteiger partial charge is 0.488 e. The Bertz CT molecular complexity index is 283. The van der Waals surface area contributed by atoms with Gasteiger partial charge in [-0.3, -0.25) is 0 Å². The highest BCUT2D eigenvalue weighted by molar-refractivity contribution is 5.52. The van der Waals surface area contributed by atoms with Crippen molar-refractivity contribution in [2.75, 3.05) is 18.5 Å². The molecular formula is C8H9FN2O. The van der Waals surface area contributed by atoms with Crippen molar-refractivity contribution >= 4 is 5.82 Å². The number of aromatic nitrogens is 1. The molecular weight excluding hydrogens is 159 g/mol. The van der Waals surface area contributed by atoms with Crippen LogP contribution in [0, 0.1) is 12.9 Å². The molecule has 0 aliphatic carbocycles. The summed E-state index contributed by atoms with van der Waals surface area (Å²) in [5.74, 6) is 0.705. The number of rotatable bonds is 0. The Kier molecular flexibility index (Phi) is 1.60. The van der Waals surface area contributed by atoms with Crippen LogP contribution in [0.5, 0.6) is 5.75 Å². The van der Waals surface area contributed by atoms with Crippen molar-refractivity contribution in [2.45, 2.75) is 6.92 Å². The summed E-state index contributed by atoms with van der Waals surface area (Å²) in [6, 6.07) is 1.66. The molecule has 12 heavy (non-hydrogen) atoms. The van der Waals surface area contributed by atoms with Crippen molar-refractivity contribution in [1.29, 1.82) is 0 Å². The van der Waals surface area contributed by atoms with Gasteiger partial charge in [-0.2, -0.15) is 9.37 Å². The van der Waals surface area contributed by atoms with E-state index in [1.54, 1.807) is 13.0 Å². The second kappa shape index (κ2) is 2.62. The summed E-state index contributed by atoms with van der Waals surface area (Å²) in [7, 11) is 0. The maximum absolute atomic E-state index is 12.9. The standard InChI is InChI=1S/C8H9FN2O/c1-5-4-6-8(11-7(5)9)10-2-3-12-6/h4H,2-3H2,1H3,(H,10,11). The van der Waals surface area contributed by atoms with Gasteiger partial charge in [-0.25, -0.2) is 0 Å². The van der Waals surface area contributed by atoms with Crippen molar-refractivity contribution < 1.29 is 9.13 Å². The Labute approximate surface area is 69.6 Å². The van der Waals surface area contributed by atoms with Crippen molar-refractivity contribution in [1.82, 2.24) is 4.98 Å². The number of fused-ring (bicyclic) bond motifs is 1. The van der Waals surface area contributed by atoms with Crippen LogP contribution < -0.4 is 10.1 Å². The van der Waals surface area contributed by atoms with Crippen molar-refractivity contribution in [3.63, 3.8) is 0 Å². The van der Waals surface area contributed by atoms with Gasteiger partial charge in [-0.1, -0.05) is 0 Å². The van der Waals surface area contributed by atoms with Crippen LogP contribution in [0.1, 0.15) is 5.56 Å². The molecule has 0 unspecified atom stereocenters. The van der Waals surface area contributed by atoms with Gasteiger partial charge in [0.15, 0.2) is 11.6 Å². The predicted octanol–water partition coefficient (Wildman–Crippen LogP) is 1.33. The van der Waals surface area contributed by atoms with E-state index in [0.29, 0.717) is 30.3 Å². The van der Waals surface area contributed by atoms with E-state index in [4.69, 9.17) is 4.74 Å². The van der Waals surface area contributed by atoms with Crippen LogP contribution in [-0.2, 0) is 0 Å². The van der Waals surface area contributed by atoms with Gasteiger partial charge in [-0.05, 0) is 13.0 Å². The third-order valence-corrected chi connectivity index (χ3v) is 1.77. The summed E-state index contributed by atoms with van der Waals surface area (Å²) < 4.78 is 18.2. The summed E-state index contributed by atoms with van der Waals surface area (Å²) in [5, 5.41) is 2.95. The number of hydrogen-bond donors (Lipinski definition) is 1. The normalized spacial score (nSPS) is 14.5. The molecule has 1 aliphatic heterocycles. The number of ether oxygens (including phenoxy) is 1. The molecule has 1 aromatic heterocycles. The van der Waals surface area contributed by atoms with Crippen LogP contribution in [0.2, 0.25) is 0 Å². The number of halogens is 1. The maximum Gasteiger partial charge on any atom is 0.217 e. The Morgan fingerprint density at radius 3 is 3.33 bits per heavy atom. The summed E-state index contributed by atoms with van der Waals surface area (Å²) in [5.41, 5.74) is 0.512. The third kappa shape index (κ3) is 1.09. The summed E-state index contributed by atoms with van der Waals surface area (Å²) >= 11 is 0. The number of pyridine rings is 1. The fraction of sp³-hybridized carbons (Fsp3) is 0.375. The molecule has 2 heterocycles. The van der Waals surface area contributed by atoms with Crippen LogP contribution in [0.15, 0.2) is 6.07 Å².